The van der Waals surface area contributed by atoms with E-state index in [9.17, 15) is 4.79 Å². The quantitative estimate of drug-likeness (QED) is 0.817. The van der Waals surface area contributed by atoms with E-state index in [0.29, 0.717) is 17.2 Å². The van der Waals surface area contributed by atoms with Crippen LogP contribution in [0.5, 0.6) is 11.5 Å². The fourth-order valence-corrected chi connectivity index (χ4v) is 2.74. The first-order chi connectivity index (χ1) is 10.1. The van der Waals surface area contributed by atoms with Crippen LogP contribution in [0.2, 0.25) is 0 Å². The number of carbonyl (C=O) groups is 1. The first-order valence-corrected chi connectivity index (χ1v) is 7.08. The molecule has 0 aliphatic carbocycles. The van der Waals surface area contributed by atoms with E-state index in [-0.39, 0.29) is 11.8 Å². The Hall–Kier alpha value is -2.11. The van der Waals surface area contributed by atoms with Crippen LogP contribution in [0.3, 0.4) is 0 Å². The lowest BCUT2D eigenvalue weighted by molar-refractivity contribution is -0.125. The third-order valence-electron chi connectivity index (χ3n) is 3.99. The zero-order valence-electron chi connectivity index (χ0n) is 12.8. The van der Waals surface area contributed by atoms with E-state index in [1.165, 1.54) is 0 Å². The van der Waals surface area contributed by atoms with Gasteiger partial charge < -0.3 is 25.4 Å². The number of nitrogens with one attached hydrogen (secondary N) is 1. The van der Waals surface area contributed by atoms with Crippen LogP contribution in [0, 0.1) is 5.92 Å². The van der Waals surface area contributed by atoms with E-state index in [4.69, 9.17) is 15.2 Å². The first-order valence-electron chi connectivity index (χ1n) is 7.08. The van der Waals surface area contributed by atoms with Crippen molar-refractivity contribution < 1.29 is 14.3 Å². The summed E-state index contributed by atoms with van der Waals surface area (Å²) in [4.78, 5) is 13.9. The number of piperidine rings is 1. The molecule has 0 saturated carbocycles. The number of amides is 1. The number of hydrogen-bond donors (Lipinski definition) is 2. The van der Waals surface area contributed by atoms with Gasteiger partial charge in [-0.25, -0.2) is 0 Å². The Morgan fingerprint density at radius 2 is 1.81 bits per heavy atom. The Bertz CT molecular complexity index is 511. The summed E-state index contributed by atoms with van der Waals surface area (Å²) in [5.74, 6) is 1.50. The summed E-state index contributed by atoms with van der Waals surface area (Å²) >= 11 is 0. The highest BCUT2D eigenvalue weighted by atomic mass is 16.5. The number of benzene rings is 1. The zero-order chi connectivity index (χ0) is 15.4. The molecule has 6 nitrogen and oxygen atoms in total. The summed E-state index contributed by atoms with van der Waals surface area (Å²) in [5.41, 5.74) is 7.71. The smallest absolute Gasteiger partial charge is 0.222 e. The predicted molar refractivity (Wildman–Crippen MR) is 83.0 cm³/mol. The molecule has 0 spiro atoms. The summed E-state index contributed by atoms with van der Waals surface area (Å²) < 4.78 is 10.6. The topological polar surface area (TPSA) is 76.8 Å². The molecule has 1 amide bonds. The number of nitrogens with two attached hydrogens (primary N) is 1. The van der Waals surface area contributed by atoms with Crippen LogP contribution in [0.15, 0.2) is 12.1 Å². The lowest BCUT2D eigenvalue weighted by Crippen LogP contribution is -2.39. The van der Waals surface area contributed by atoms with Gasteiger partial charge in [0, 0.05) is 38.2 Å². The second kappa shape index (κ2) is 6.56. The van der Waals surface area contributed by atoms with E-state index in [2.05, 4.69) is 10.2 Å². The average Bonchev–Trinajstić information content (AvgIpc) is 2.54. The highest BCUT2D eigenvalue weighted by Crippen LogP contribution is 2.38. The Labute approximate surface area is 125 Å². The average molecular weight is 293 g/mol. The van der Waals surface area contributed by atoms with Gasteiger partial charge in [-0.15, -0.1) is 0 Å². The van der Waals surface area contributed by atoms with Crippen LogP contribution in [0.25, 0.3) is 0 Å². The third kappa shape index (κ3) is 3.15. The fraction of sp³-hybridized carbons (Fsp3) is 0.533. The van der Waals surface area contributed by atoms with Crippen molar-refractivity contribution in [2.45, 2.75) is 12.8 Å². The largest absolute Gasteiger partial charge is 0.493 e. The molecule has 1 heterocycles. The van der Waals surface area contributed by atoms with E-state index in [0.717, 1.165) is 31.6 Å². The molecule has 0 aromatic heterocycles. The summed E-state index contributed by atoms with van der Waals surface area (Å²) in [6, 6.07) is 3.67. The van der Waals surface area contributed by atoms with Gasteiger partial charge in [-0.3, -0.25) is 4.79 Å². The molecule has 1 aromatic rings. The molecule has 2 rings (SSSR count). The highest BCUT2D eigenvalue weighted by Gasteiger charge is 2.25. The molecule has 3 N–H and O–H groups in total. The summed E-state index contributed by atoms with van der Waals surface area (Å²) in [5, 5.41) is 2.72. The third-order valence-corrected chi connectivity index (χ3v) is 3.99. The molecule has 6 heteroatoms. The number of nitrogen functional groups attached to an aromatic ring is 1. The van der Waals surface area contributed by atoms with Crippen molar-refractivity contribution in [1.29, 1.82) is 0 Å². The molecule has 1 saturated heterocycles. The van der Waals surface area contributed by atoms with Gasteiger partial charge in [0.1, 0.15) is 0 Å². The van der Waals surface area contributed by atoms with Gasteiger partial charge in [0.25, 0.3) is 0 Å². The minimum Gasteiger partial charge on any atom is -0.493 e. The van der Waals surface area contributed by atoms with E-state index in [1.807, 2.05) is 6.07 Å². The van der Waals surface area contributed by atoms with Crippen LogP contribution < -0.4 is 25.4 Å². The number of rotatable bonds is 4. The van der Waals surface area contributed by atoms with Crippen molar-refractivity contribution in [2.24, 2.45) is 5.92 Å². The standard InChI is InChI=1S/C15H23N3O3/c1-17-15(19)10-4-6-18(7-5-10)12-9-14(21-3)13(20-2)8-11(12)16/h8-10H,4-7,16H2,1-3H3,(H,17,19). The monoisotopic (exact) mass is 293 g/mol. The van der Waals surface area contributed by atoms with Gasteiger partial charge in [0.2, 0.25) is 5.91 Å². The van der Waals surface area contributed by atoms with E-state index >= 15 is 0 Å². The summed E-state index contributed by atoms with van der Waals surface area (Å²) in [7, 11) is 4.88. The van der Waals surface area contributed by atoms with Crippen LogP contribution >= 0.6 is 0 Å². The molecule has 0 unspecified atom stereocenters. The van der Waals surface area contributed by atoms with Crippen molar-refractivity contribution in [3.8, 4) is 11.5 Å². The lowest BCUT2D eigenvalue weighted by atomic mass is 9.95. The normalized spacial score (nSPS) is 15.7. The van der Waals surface area contributed by atoms with Crippen LogP contribution in [-0.2, 0) is 4.79 Å². The molecule has 21 heavy (non-hydrogen) atoms. The van der Waals surface area contributed by atoms with Gasteiger partial charge in [0.05, 0.1) is 25.6 Å². The van der Waals surface area contributed by atoms with Gasteiger partial charge in [-0.05, 0) is 12.8 Å². The van der Waals surface area contributed by atoms with E-state index in [1.54, 1.807) is 27.3 Å². The molecule has 1 aliphatic rings. The van der Waals surface area contributed by atoms with Crippen LogP contribution in [0.1, 0.15) is 12.8 Å². The minimum absolute atomic E-state index is 0.0904. The number of carbonyl (C=O) groups excluding carboxylic acids is 1. The number of methoxy groups -OCH3 is 2. The van der Waals surface area contributed by atoms with Crippen LogP contribution in [0.4, 0.5) is 11.4 Å². The number of ether oxygens (including phenoxy) is 2. The number of hydrogen-bond acceptors (Lipinski definition) is 5. The van der Waals surface area contributed by atoms with Crippen molar-refractivity contribution in [3.05, 3.63) is 12.1 Å². The Morgan fingerprint density at radius 3 is 2.33 bits per heavy atom. The van der Waals surface area contributed by atoms with Gasteiger partial charge >= 0.3 is 0 Å². The van der Waals surface area contributed by atoms with E-state index < -0.39 is 0 Å². The maximum atomic E-state index is 11.7. The predicted octanol–water partition coefficient (Wildman–Crippen LogP) is 1.25. The molecule has 116 valence electrons. The minimum atomic E-state index is 0.0904. The molecule has 1 aliphatic heterocycles. The Morgan fingerprint density at radius 1 is 1.24 bits per heavy atom. The Balaban J connectivity index is 2.15. The number of anilines is 2. The molecular weight excluding hydrogens is 270 g/mol. The highest BCUT2D eigenvalue weighted by molar-refractivity contribution is 5.79. The SMILES string of the molecule is CNC(=O)C1CCN(c2cc(OC)c(OC)cc2N)CC1. The second-order valence-electron chi connectivity index (χ2n) is 5.14. The second-order valence-corrected chi connectivity index (χ2v) is 5.14. The first kappa shape index (κ1) is 15.3. The molecule has 0 radical (unpaired) electrons. The van der Waals surface area contributed by atoms with Gasteiger partial charge in [-0.2, -0.15) is 0 Å². The van der Waals surface area contributed by atoms with Crippen molar-refractivity contribution in [1.82, 2.24) is 5.32 Å². The maximum Gasteiger partial charge on any atom is 0.222 e. The summed E-state index contributed by atoms with van der Waals surface area (Å²) in [6.07, 6.45) is 1.65. The maximum absolute atomic E-state index is 11.7. The molecule has 1 fully saturated rings. The van der Waals surface area contributed by atoms with Crippen LogP contribution in [-0.4, -0.2) is 40.3 Å². The number of nitrogens with zero attached hydrogens (tertiary/aromatic N) is 1. The summed E-state index contributed by atoms with van der Waals surface area (Å²) in [6.45, 7) is 1.61. The van der Waals surface area contributed by atoms with Crippen molar-refractivity contribution in [2.75, 3.05) is 45.0 Å². The fourth-order valence-electron chi connectivity index (χ4n) is 2.74. The molecular formula is C15H23N3O3. The molecule has 0 atom stereocenters. The molecule has 0 bridgehead atoms. The Kier molecular flexibility index (Phi) is 4.77. The van der Waals surface area contributed by atoms with Crippen molar-refractivity contribution in [3.63, 3.8) is 0 Å². The molecule has 1 aromatic carbocycles. The van der Waals surface area contributed by atoms with Crippen molar-refractivity contribution >= 4 is 17.3 Å². The lowest BCUT2D eigenvalue weighted by Gasteiger charge is -2.33. The zero-order valence-corrected chi connectivity index (χ0v) is 12.8. The van der Waals surface area contributed by atoms with Gasteiger partial charge in [-0.1, -0.05) is 0 Å². The van der Waals surface area contributed by atoms with Gasteiger partial charge in [0.15, 0.2) is 11.5 Å².